The Bertz CT molecular complexity index is 2380. The number of tetrazole rings is 1. The van der Waals surface area contributed by atoms with Crippen LogP contribution in [0.4, 0.5) is 0 Å². The van der Waals surface area contributed by atoms with E-state index in [-0.39, 0.29) is 24.5 Å². The maximum Gasteiger partial charge on any atom is 0.244 e. The fraction of sp³-hybridized carbons (Fsp3) is 0.158. The summed E-state index contributed by atoms with van der Waals surface area (Å²) in [4.78, 5) is 4.83. The topological polar surface area (TPSA) is 122 Å². The molecule has 2 heterocycles. The van der Waals surface area contributed by atoms with Gasteiger partial charge in [-0.3, -0.25) is 0 Å². The minimum absolute atomic E-state index is 0.0594. The molecule has 0 aliphatic carbocycles. The molecule has 0 radical (unpaired) electrons. The van der Waals surface area contributed by atoms with Crippen LogP contribution in [0.1, 0.15) is 16.7 Å². The maximum absolute atomic E-state index is 15.3. The molecule has 2 aromatic heterocycles. The van der Waals surface area contributed by atoms with Crippen molar-refractivity contribution < 1.29 is 22.6 Å². The number of hydrogen-bond acceptors (Lipinski definition) is 10. The summed E-state index contributed by atoms with van der Waals surface area (Å²) in [6.45, 7) is 0.467. The number of ether oxygens (including phenoxy) is 3. The zero-order valence-electron chi connectivity index (χ0n) is 28.4. The van der Waals surface area contributed by atoms with Crippen molar-refractivity contribution in [2.24, 2.45) is 0 Å². The summed E-state index contributed by atoms with van der Waals surface area (Å²) in [5, 5.41) is 12.9. The lowest BCUT2D eigenvalue weighted by molar-refractivity contribution is 0.397. The highest BCUT2D eigenvalue weighted by Crippen LogP contribution is 2.42. The number of halogens is 1. The summed E-state index contributed by atoms with van der Waals surface area (Å²) in [6.07, 6.45) is 0. The molecule has 0 saturated carbocycles. The summed E-state index contributed by atoms with van der Waals surface area (Å²) in [7, 11) is 0.557. The Labute approximate surface area is 313 Å². The molecule has 0 fully saturated rings. The molecule has 0 bridgehead atoms. The van der Waals surface area contributed by atoms with Gasteiger partial charge in [0.05, 0.1) is 43.0 Å². The first-order valence-electron chi connectivity index (χ1n) is 16.1. The van der Waals surface area contributed by atoms with E-state index in [2.05, 4.69) is 31.5 Å². The van der Waals surface area contributed by atoms with Crippen LogP contribution in [0.5, 0.6) is 17.2 Å². The minimum Gasteiger partial charge on any atom is -0.497 e. The molecule has 7 aromatic rings. The Morgan fingerprint density at radius 2 is 1.25 bits per heavy atom. The fourth-order valence-electron chi connectivity index (χ4n) is 5.97. The number of methoxy groups -OCH3 is 3. The summed E-state index contributed by atoms with van der Waals surface area (Å²) >= 11 is 5.04. The van der Waals surface area contributed by atoms with Gasteiger partial charge in [0.1, 0.15) is 17.2 Å². The third-order valence-corrected chi connectivity index (χ3v) is 11.9. The Hall–Kier alpha value is -5.15. The molecule has 0 aliphatic heterocycles. The van der Waals surface area contributed by atoms with Gasteiger partial charge in [-0.1, -0.05) is 60.7 Å². The first-order chi connectivity index (χ1) is 25.3. The van der Waals surface area contributed by atoms with Gasteiger partial charge >= 0.3 is 0 Å². The van der Waals surface area contributed by atoms with Crippen molar-refractivity contribution in [3.63, 3.8) is 0 Å². The fourth-order valence-corrected chi connectivity index (χ4v) is 9.01. The van der Waals surface area contributed by atoms with Crippen LogP contribution in [0.15, 0.2) is 118 Å². The van der Waals surface area contributed by atoms with Gasteiger partial charge in [0.25, 0.3) is 0 Å². The molecule has 264 valence electrons. The lowest BCUT2D eigenvalue weighted by Gasteiger charge is -2.25. The average molecular weight is 798 g/mol. The highest BCUT2D eigenvalue weighted by Gasteiger charge is 2.32. The largest absolute Gasteiger partial charge is 0.497 e. The zero-order valence-corrected chi connectivity index (χ0v) is 31.7. The number of para-hydroxylation sites is 1. The molecule has 0 aliphatic rings. The highest BCUT2D eigenvalue weighted by molar-refractivity contribution is 9.11. The van der Waals surface area contributed by atoms with Crippen molar-refractivity contribution in [2.45, 2.75) is 24.5 Å². The number of fused-ring (bicyclic) bond motifs is 1. The molecule has 0 atom stereocenters. The second kappa shape index (κ2) is 15.2. The number of nitrogens with zero attached hydrogens (tertiary/aromatic N) is 6. The van der Waals surface area contributed by atoms with Crippen molar-refractivity contribution in [3.8, 4) is 39.8 Å². The van der Waals surface area contributed by atoms with E-state index in [0.717, 1.165) is 42.1 Å². The van der Waals surface area contributed by atoms with E-state index in [1.807, 2.05) is 97.1 Å². The molecule has 0 amide bonds. The summed E-state index contributed by atoms with van der Waals surface area (Å²) in [5.41, 5.74) is 4.97. The second-order valence-corrected chi connectivity index (χ2v) is 16.0. The first-order valence-corrected chi connectivity index (χ1v) is 19.2. The molecule has 14 heteroatoms. The zero-order chi connectivity index (χ0) is 36.2. The third-order valence-electron chi connectivity index (χ3n) is 8.61. The number of sulfonamides is 1. The van der Waals surface area contributed by atoms with Crippen LogP contribution in [-0.2, 0) is 29.7 Å². The molecule has 0 N–H and O–H groups in total. The predicted molar refractivity (Wildman–Crippen MR) is 204 cm³/mol. The van der Waals surface area contributed by atoms with E-state index >= 15 is 8.42 Å². The first kappa shape index (κ1) is 35.3. The minimum atomic E-state index is -4.24. The Kier molecular flexibility index (Phi) is 10.3. The van der Waals surface area contributed by atoms with Gasteiger partial charge in [0.15, 0.2) is 9.74 Å². The van der Waals surface area contributed by atoms with Crippen LogP contribution < -0.4 is 14.2 Å². The summed E-state index contributed by atoms with van der Waals surface area (Å²) in [5.74, 6) is 2.37. The molecular formula is C38H33BrN6O5S2. The van der Waals surface area contributed by atoms with E-state index in [0.29, 0.717) is 28.5 Å². The normalized spacial score (nSPS) is 11.6. The van der Waals surface area contributed by atoms with E-state index in [1.54, 1.807) is 38.1 Å². The average Bonchev–Trinajstić information content (AvgIpc) is 3.80. The van der Waals surface area contributed by atoms with Gasteiger partial charge in [-0.2, -0.15) is 4.31 Å². The number of hydrogen-bond donors (Lipinski definition) is 0. The van der Waals surface area contributed by atoms with Crippen LogP contribution in [0.3, 0.4) is 0 Å². The van der Waals surface area contributed by atoms with Gasteiger partial charge in [-0.05, 0) is 97.1 Å². The quantitative estimate of drug-likeness (QED) is 0.115. The molecule has 5 aromatic carbocycles. The van der Waals surface area contributed by atoms with Gasteiger partial charge in [-0.15, -0.1) is 16.4 Å². The SMILES string of the molecule is COc1ccc(CN(Cc2ccc(OC)cc2)S(=O)(=O)c2cccc(-c3cccc4sc(Br)nc34)c2-c2nnnn2Cc2ccc(OC)cc2)cc1. The predicted octanol–water partition coefficient (Wildman–Crippen LogP) is 7.84. The standard InChI is InChI=1S/C38H33BrN6O5S2/c1-48-28-16-10-25(11-17-28)22-44(23-26-12-18-29(49-2)19-13-26)52(46,47)34-9-5-6-31(32-7-4-8-33-36(32)40-38(39)51-33)35(34)37-41-42-43-45(37)24-27-14-20-30(50-3)21-15-27/h4-21H,22-24H2,1-3H3. The highest BCUT2D eigenvalue weighted by atomic mass is 79.9. The lowest BCUT2D eigenvalue weighted by Crippen LogP contribution is -2.31. The van der Waals surface area contributed by atoms with E-state index in [1.165, 1.54) is 15.6 Å². The number of aromatic nitrogens is 5. The summed E-state index contributed by atoms with van der Waals surface area (Å²) in [6, 6.07) is 33.4. The van der Waals surface area contributed by atoms with Crippen LogP contribution in [0, 0.1) is 0 Å². The molecule has 7 rings (SSSR count). The van der Waals surface area contributed by atoms with Crippen LogP contribution >= 0.6 is 27.3 Å². The van der Waals surface area contributed by atoms with E-state index < -0.39 is 10.0 Å². The van der Waals surface area contributed by atoms with E-state index in [4.69, 9.17) is 19.2 Å². The van der Waals surface area contributed by atoms with Crippen molar-refractivity contribution in [1.29, 1.82) is 0 Å². The van der Waals surface area contributed by atoms with Crippen molar-refractivity contribution in [3.05, 3.63) is 130 Å². The molecule has 11 nitrogen and oxygen atoms in total. The lowest BCUT2D eigenvalue weighted by atomic mass is 9.98. The molecule has 0 saturated heterocycles. The van der Waals surface area contributed by atoms with Gasteiger partial charge < -0.3 is 14.2 Å². The summed E-state index contributed by atoms with van der Waals surface area (Å²) < 4.78 is 51.3. The molecule has 52 heavy (non-hydrogen) atoms. The maximum atomic E-state index is 15.3. The third kappa shape index (κ3) is 7.28. The van der Waals surface area contributed by atoms with Crippen LogP contribution in [-0.4, -0.2) is 59.2 Å². The van der Waals surface area contributed by atoms with Gasteiger partial charge in [-0.25, -0.2) is 18.1 Å². The van der Waals surface area contributed by atoms with E-state index in [9.17, 15) is 0 Å². The number of benzene rings is 5. The van der Waals surface area contributed by atoms with Crippen LogP contribution in [0.25, 0.3) is 32.7 Å². The molecule has 0 spiro atoms. The van der Waals surface area contributed by atoms with Crippen molar-refractivity contribution in [1.82, 2.24) is 29.5 Å². The molecular weight excluding hydrogens is 764 g/mol. The monoisotopic (exact) mass is 796 g/mol. The Balaban J connectivity index is 1.41. The Morgan fingerprint density at radius 1 is 0.712 bits per heavy atom. The Morgan fingerprint density at radius 3 is 1.83 bits per heavy atom. The van der Waals surface area contributed by atoms with Crippen molar-refractivity contribution >= 4 is 47.5 Å². The van der Waals surface area contributed by atoms with Gasteiger partial charge in [0.2, 0.25) is 10.0 Å². The van der Waals surface area contributed by atoms with Crippen LogP contribution in [0.2, 0.25) is 0 Å². The molecule has 0 unspecified atom stereocenters. The second-order valence-electron chi connectivity index (χ2n) is 11.8. The number of thiazole rings is 1. The van der Waals surface area contributed by atoms with Crippen molar-refractivity contribution in [2.75, 3.05) is 21.3 Å². The van der Waals surface area contributed by atoms with Gasteiger partial charge in [0, 0.05) is 24.2 Å². The smallest absolute Gasteiger partial charge is 0.244 e. The number of rotatable bonds is 13.